The average molecular weight is 307 g/mol. The normalized spacial score (nSPS) is 22.8. The van der Waals surface area contributed by atoms with Crippen LogP contribution in [0, 0.1) is 11.7 Å². The minimum absolute atomic E-state index is 0.0838. The number of hydrogen-bond acceptors (Lipinski definition) is 3. The Morgan fingerprint density at radius 2 is 2.05 bits per heavy atom. The Hall–Kier alpha value is -1.95. The van der Waals surface area contributed by atoms with Crippen LogP contribution in [0.25, 0.3) is 0 Å². The van der Waals surface area contributed by atoms with Gasteiger partial charge in [-0.25, -0.2) is 4.39 Å². The molecule has 0 radical (unpaired) electrons. The van der Waals surface area contributed by atoms with Crippen LogP contribution >= 0.6 is 0 Å². The van der Waals surface area contributed by atoms with Gasteiger partial charge in [-0.2, -0.15) is 0 Å². The smallest absolute Gasteiger partial charge is 0.241 e. The van der Waals surface area contributed by atoms with Gasteiger partial charge in [0.15, 0.2) is 0 Å². The lowest BCUT2D eigenvalue weighted by atomic mass is 9.83. The van der Waals surface area contributed by atoms with Crippen molar-refractivity contribution in [2.75, 3.05) is 5.32 Å². The average Bonchev–Trinajstić information content (AvgIpc) is 2.47. The van der Waals surface area contributed by atoms with E-state index >= 15 is 0 Å². The number of nitrogens with two attached hydrogens (primary N) is 1. The fourth-order valence-electron chi connectivity index (χ4n) is 2.88. The van der Waals surface area contributed by atoms with Gasteiger partial charge in [-0.1, -0.05) is 18.9 Å². The molecule has 1 aromatic carbocycles. The summed E-state index contributed by atoms with van der Waals surface area (Å²) in [6.07, 6.45) is 3.58. The van der Waals surface area contributed by atoms with Gasteiger partial charge in [0.1, 0.15) is 5.82 Å². The number of carbonyl (C=O) groups excluding carboxylic acids is 2. The lowest BCUT2D eigenvalue weighted by Gasteiger charge is -2.32. The van der Waals surface area contributed by atoms with Crippen LogP contribution in [0.1, 0.15) is 32.6 Å². The monoisotopic (exact) mass is 307 g/mol. The van der Waals surface area contributed by atoms with E-state index in [2.05, 4.69) is 10.6 Å². The number of primary amides is 1. The number of carbonyl (C=O) groups is 2. The fraction of sp³-hybridized carbons (Fsp3) is 0.500. The molecule has 22 heavy (non-hydrogen) atoms. The molecule has 4 N–H and O–H groups in total. The maximum absolute atomic E-state index is 13.1. The largest absolute Gasteiger partial charge is 0.369 e. The summed E-state index contributed by atoms with van der Waals surface area (Å²) in [7, 11) is 0. The zero-order chi connectivity index (χ0) is 16.1. The standard InChI is InChI=1S/C16H22FN3O2/c1-10(16(22)20-12-6-4-5-11(17)9-12)19-14-8-3-2-7-13(14)15(18)21/h4-6,9-10,13-14,19H,2-3,7-8H2,1H3,(H2,18,21)(H,20,22). The summed E-state index contributed by atoms with van der Waals surface area (Å²) in [4.78, 5) is 23.6. The highest BCUT2D eigenvalue weighted by atomic mass is 19.1. The van der Waals surface area contributed by atoms with E-state index in [0.29, 0.717) is 5.69 Å². The molecule has 0 aliphatic heterocycles. The second kappa shape index (κ2) is 7.35. The predicted octanol–water partition coefficient (Wildman–Crippen LogP) is 1.79. The van der Waals surface area contributed by atoms with Crippen molar-refractivity contribution in [3.63, 3.8) is 0 Å². The molecule has 0 saturated heterocycles. The molecule has 3 atom stereocenters. The van der Waals surface area contributed by atoms with E-state index in [9.17, 15) is 14.0 Å². The molecule has 0 aromatic heterocycles. The second-order valence-corrected chi connectivity index (χ2v) is 5.79. The molecule has 2 rings (SSSR count). The Labute approximate surface area is 129 Å². The number of halogens is 1. The molecule has 0 bridgehead atoms. The molecule has 120 valence electrons. The Morgan fingerprint density at radius 1 is 1.32 bits per heavy atom. The maximum Gasteiger partial charge on any atom is 0.241 e. The van der Waals surface area contributed by atoms with Crippen molar-refractivity contribution in [2.45, 2.75) is 44.7 Å². The number of amides is 2. The molecule has 1 aliphatic carbocycles. The Kier molecular flexibility index (Phi) is 5.49. The molecular weight excluding hydrogens is 285 g/mol. The zero-order valence-corrected chi connectivity index (χ0v) is 12.6. The van der Waals surface area contributed by atoms with E-state index < -0.39 is 11.9 Å². The van der Waals surface area contributed by atoms with E-state index in [0.717, 1.165) is 25.7 Å². The van der Waals surface area contributed by atoms with Gasteiger partial charge in [0.05, 0.1) is 12.0 Å². The van der Waals surface area contributed by atoms with E-state index in [1.807, 2.05) is 0 Å². The van der Waals surface area contributed by atoms with E-state index in [1.54, 1.807) is 13.0 Å². The number of anilines is 1. The van der Waals surface area contributed by atoms with E-state index in [-0.39, 0.29) is 23.8 Å². The summed E-state index contributed by atoms with van der Waals surface area (Å²) in [5, 5.41) is 5.84. The molecule has 1 aromatic rings. The number of hydrogen-bond donors (Lipinski definition) is 3. The quantitative estimate of drug-likeness (QED) is 0.775. The van der Waals surface area contributed by atoms with E-state index in [4.69, 9.17) is 5.73 Å². The Morgan fingerprint density at radius 3 is 2.73 bits per heavy atom. The van der Waals surface area contributed by atoms with Crippen molar-refractivity contribution in [1.29, 1.82) is 0 Å². The third kappa shape index (κ3) is 4.27. The Balaban J connectivity index is 1.94. The van der Waals surface area contributed by atoms with Crippen LogP contribution in [0.3, 0.4) is 0 Å². The minimum atomic E-state index is -0.492. The predicted molar refractivity (Wildman–Crippen MR) is 82.6 cm³/mol. The van der Waals surface area contributed by atoms with Crippen LogP contribution in [0.5, 0.6) is 0 Å². The molecule has 5 nitrogen and oxygen atoms in total. The molecule has 0 heterocycles. The van der Waals surface area contributed by atoms with Gasteiger partial charge >= 0.3 is 0 Å². The highest BCUT2D eigenvalue weighted by Crippen LogP contribution is 2.24. The van der Waals surface area contributed by atoms with Crippen LogP contribution in [-0.2, 0) is 9.59 Å². The first kappa shape index (κ1) is 16.4. The molecular formula is C16H22FN3O2. The molecule has 1 fully saturated rings. The van der Waals surface area contributed by atoms with Crippen molar-refractivity contribution < 1.29 is 14.0 Å². The molecule has 1 saturated carbocycles. The van der Waals surface area contributed by atoms with Gasteiger partial charge in [-0.3, -0.25) is 9.59 Å². The van der Waals surface area contributed by atoms with Crippen LogP contribution in [0.15, 0.2) is 24.3 Å². The van der Waals surface area contributed by atoms with Gasteiger partial charge in [-0.05, 0) is 38.0 Å². The third-order valence-electron chi connectivity index (χ3n) is 4.08. The highest BCUT2D eigenvalue weighted by molar-refractivity contribution is 5.94. The fourth-order valence-corrected chi connectivity index (χ4v) is 2.88. The lowest BCUT2D eigenvalue weighted by molar-refractivity contribution is -0.124. The molecule has 2 amide bonds. The number of nitrogens with one attached hydrogen (secondary N) is 2. The van der Waals surface area contributed by atoms with Crippen LogP contribution in [0.4, 0.5) is 10.1 Å². The molecule has 1 aliphatic rings. The summed E-state index contributed by atoms with van der Waals surface area (Å²) in [5.74, 6) is -1.23. The summed E-state index contributed by atoms with van der Waals surface area (Å²) < 4.78 is 13.1. The van der Waals surface area contributed by atoms with Gasteiger partial charge in [0.2, 0.25) is 11.8 Å². The first-order valence-electron chi connectivity index (χ1n) is 7.59. The van der Waals surface area contributed by atoms with Crippen molar-refractivity contribution in [1.82, 2.24) is 5.32 Å². The number of benzene rings is 1. The van der Waals surface area contributed by atoms with Crippen LogP contribution < -0.4 is 16.4 Å². The third-order valence-corrected chi connectivity index (χ3v) is 4.08. The SMILES string of the molecule is CC(NC1CCCCC1C(N)=O)C(=O)Nc1cccc(F)c1. The first-order valence-corrected chi connectivity index (χ1v) is 7.59. The van der Waals surface area contributed by atoms with Crippen molar-refractivity contribution in [3.05, 3.63) is 30.1 Å². The van der Waals surface area contributed by atoms with Gasteiger partial charge in [-0.15, -0.1) is 0 Å². The van der Waals surface area contributed by atoms with Gasteiger partial charge in [0, 0.05) is 11.7 Å². The molecule has 6 heteroatoms. The topological polar surface area (TPSA) is 84.2 Å². The van der Waals surface area contributed by atoms with Crippen LogP contribution in [0.2, 0.25) is 0 Å². The van der Waals surface area contributed by atoms with Crippen molar-refractivity contribution >= 4 is 17.5 Å². The first-order chi connectivity index (χ1) is 10.5. The number of rotatable bonds is 5. The zero-order valence-electron chi connectivity index (χ0n) is 12.6. The van der Waals surface area contributed by atoms with Gasteiger partial charge < -0.3 is 16.4 Å². The molecule has 3 unspecified atom stereocenters. The summed E-state index contributed by atoms with van der Waals surface area (Å²) in [6.45, 7) is 1.72. The van der Waals surface area contributed by atoms with Crippen molar-refractivity contribution in [3.8, 4) is 0 Å². The van der Waals surface area contributed by atoms with Crippen molar-refractivity contribution in [2.24, 2.45) is 11.7 Å². The van der Waals surface area contributed by atoms with E-state index in [1.165, 1.54) is 18.2 Å². The maximum atomic E-state index is 13.1. The molecule has 0 spiro atoms. The van der Waals surface area contributed by atoms with Gasteiger partial charge in [0.25, 0.3) is 0 Å². The lowest BCUT2D eigenvalue weighted by Crippen LogP contribution is -2.51. The highest BCUT2D eigenvalue weighted by Gasteiger charge is 2.31. The summed E-state index contributed by atoms with van der Waals surface area (Å²) >= 11 is 0. The Bertz CT molecular complexity index is 550. The summed E-state index contributed by atoms with van der Waals surface area (Å²) in [5.41, 5.74) is 5.84. The minimum Gasteiger partial charge on any atom is -0.369 e. The second-order valence-electron chi connectivity index (χ2n) is 5.79. The van der Waals surface area contributed by atoms with Crippen LogP contribution in [-0.4, -0.2) is 23.9 Å². The summed E-state index contributed by atoms with van der Waals surface area (Å²) in [6, 6.07) is 5.16.